The number of nitrogens with zero attached hydrogens (tertiary/aromatic N) is 6. The standard InChI is InChI=1S/C64H36N6O2/c1-65-46-37-45(64-67-62(39-21-7-3-8-22-39)66-63(68-64)40-23-9-4-10-24-40)55(38-19-5-2-6-20-38)61(70-48-30-16-12-26-42(48)57-50(70)34-36-54-59(57)44-28-14-18-32-52(44)72-54)60(46)69-47-29-15-11-25-41(47)56-49(69)33-35-53-58(56)43-27-13-17-31-51(43)71-53/h2-37H. The summed E-state index contributed by atoms with van der Waals surface area (Å²) in [5.41, 5.74) is 13.1. The predicted octanol–water partition coefficient (Wildman–Crippen LogP) is 17.1. The van der Waals surface area contributed by atoms with Crippen molar-refractivity contribution in [1.29, 1.82) is 0 Å². The van der Waals surface area contributed by atoms with Gasteiger partial charge >= 0.3 is 0 Å². The molecule has 72 heavy (non-hydrogen) atoms. The van der Waals surface area contributed by atoms with Gasteiger partial charge in [-0.25, -0.2) is 19.8 Å². The Balaban J connectivity index is 1.18. The molecular weight excluding hydrogens is 885 g/mol. The molecule has 0 bridgehead atoms. The van der Waals surface area contributed by atoms with Gasteiger partial charge < -0.3 is 18.0 Å². The van der Waals surface area contributed by atoms with Crippen LogP contribution in [0.5, 0.6) is 0 Å². The number of aromatic nitrogens is 5. The highest BCUT2D eigenvalue weighted by Gasteiger charge is 2.31. The maximum atomic E-state index is 9.35. The minimum absolute atomic E-state index is 0.420. The molecule has 0 amide bonds. The number of furan rings is 2. The molecular formula is C64H36N6O2. The van der Waals surface area contributed by atoms with Gasteiger partial charge in [0, 0.05) is 65.3 Å². The molecule has 0 aliphatic carbocycles. The van der Waals surface area contributed by atoms with Crippen molar-refractivity contribution in [3.63, 3.8) is 0 Å². The Labute approximate surface area is 410 Å². The van der Waals surface area contributed by atoms with E-state index in [0.29, 0.717) is 34.4 Å². The van der Waals surface area contributed by atoms with Crippen molar-refractivity contribution in [2.45, 2.75) is 0 Å². The third kappa shape index (κ3) is 5.76. The van der Waals surface area contributed by atoms with Crippen molar-refractivity contribution >= 4 is 93.2 Å². The van der Waals surface area contributed by atoms with Gasteiger partial charge in [0.05, 0.1) is 40.0 Å². The van der Waals surface area contributed by atoms with Crippen molar-refractivity contribution < 1.29 is 8.83 Å². The Morgan fingerprint density at radius 3 is 1.26 bits per heavy atom. The van der Waals surface area contributed by atoms with Crippen LogP contribution in [-0.4, -0.2) is 24.1 Å². The number of rotatable bonds is 6. The lowest BCUT2D eigenvalue weighted by atomic mass is 9.94. The Hall–Kier alpha value is -10.1. The molecule has 15 aromatic rings. The predicted molar refractivity (Wildman–Crippen MR) is 291 cm³/mol. The molecule has 10 aromatic carbocycles. The molecule has 0 unspecified atom stereocenters. The number of para-hydroxylation sites is 4. The van der Waals surface area contributed by atoms with Crippen molar-refractivity contribution in [3.8, 4) is 56.7 Å². The van der Waals surface area contributed by atoms with E-state index in [-0.39, 0.29) is 0 Å². The van der Waals surface area contributed by atoms with E-state index < -0.39 is 0 Å². The Kier molecular flexibility index (Phi) is 8.55. The van der Waals surface area contributed by atoms with E-state index in [1.807, 2.05) is 97.1 Å². The van der Waals surface area contributed by atoms with Crippen LogP contribution in [0, 0.1) is 6.57 Å². The van der Waals surface area contributed by atoms with Gasteiger partial charge in [0.25, 0.3) is 0 Å². The van der Waals surface area contributed by atoms with Crippen molar-refractivity contribution in [2.75, 3.05) is 0 Å². The van der Waals surface area contributed by atoms with Gasteiger partial charge in [-0.1, -0.05) is 164 Å². The molecule has 0 saturated heterocycles. The van der Waals surface area contributed by atoms with E-state index in [9.17, 15) is 6.57 Å². The second-order valence-electron chi connectivity index (χ2n) is 18.1. The van der Waals surface area contributed by atoms with E-state index in [1.54, 1.807) is 0 Å². The van der Waals surface area contributed by atoms with Crippen LogP contribution >= 0.6 is 0 Å². The highest BCUT2D eigenvalue weighted by Crippen LogP contribution is 2.52. The van der Waals surface area contributed by atoms with Crippen LogP contribution < -0.4 is 0 Å². The molecule has 5 aromatic heterocycles. The van der Waals surface area contributed by atoms with Crippen molar-refractivity contribution in [2.24, 2.45) is 0 Å². The van der Waals surface area contributed by atoms with Crippen LogP contribution in [-0.2, 0) is 0 Å². The SMILES string of the molecule is [C-]#[N+]c1cc(-c2nc(-c3ccccc3)nc(-c3ccccc3)n2)c(-c2ccccc2)c(-n2c3ccccc3c3c4c(ccc32)oc2ccccc24)c1-n1c2ccccc2c2c3c(ccc21)oc1ccccc13. The molecule has 5 heterocycles. The average molecular weight is 921 g/mol. The Morgan fingerprint density at radius 1 is 0.347 bits per heavy atom. The van der Waals surface area contributed by atoms with Gasteiger partial charge in [0.1, 0.15) is 22.3 Å². The average Bonchev–Trinajstić information content (AvgIpc) is 4.20. The van der Waals surface area contributed by atoms with Gasteiger partial charge in [0.2, 0.25) is 5.69 Å². The zero-order valence-corrected chi connectivity index (χ0v) is 38.3. The topological polar surface area (TPSA) is 79.2 Å². The van der Waals surface area contributed by atoms with E-state index in [2.05, 4.69) is 135 Å². The quantitative estimate of drug-likeness (QED) is 0.155. The smallest absolute Gasteiger partial charge is 0.213 e. The molecule has 8 heteroatoms. The van der Waals surface area contributed by atoms with Crippen LogP contribution in [0.2, 0.25) is 0 Å². The summed E-state index contributed by atoms with van der Waals surface area (Å²) in [6, 6.07) is 74.5. The maximum absolute atomic E-state index is 9.35. The summed E-state index contributed by atoms with van der Waals surface area (Å²) in [7, 11) is 0. The highest BCUT2D eigenvalue weighted by molar-refractivity contribution is 6.29. The minimum atomic E-state index is 0.420. The Morgan fingerprint density at radius 2 is 0.764 bits per heavy atom. The van der Waals surface area contributed by atoms with Crippen molar-refractivity contribution in [1.82, 2.24) is 24.1 Å². The highest BCUT2D eigenvalue weighted by atomic mass is 16.3. The van der Waals surface area contributed by atoms with Gasteiger partial charge in [-0.3, -0.25) is 0 Å². The molecule has 15 rings (SSSR count). The lowest BCUT2D eigenvalue weighted by Crippen LogP contribution is -2.09. The Bertz CT molecular complexity index is 4690. The number of benzene rings is 10. The van der Waals surface area contributed by atoms with E-state index >= 15 is 0 Å². The molecule has 0 spiro atoms. The number of fused-ring (bicyclic) bond motifs is 14. The van der Waals surface area contributed by atoms with Crippen LogP contribution in [0.25, 0.3) is 149 Å². The first-order chi connectivity index (χ1) is 35.7. The first kappa shape index (κ1) is 39.9. The fourth-order valence-corrected chi connectivity index (χ4v) is 11.2. The minimum Gasteiger partial charge on any atom is -0.456 e. The number of hydrogen-bond donors (Lipinski definition) is 0. The lowest BCUT2D eigenvalue weighted by Gasteiger charge is -2.25. The molecule has 0 radical (unpaired) electrons. The van der Waals surface area contributed by atoms with Gasteiger partial charge in [0.15, 0.2) is 17.5 Å². The molecule has 0 N–H and O–H groups in total. The fraction of sp³-hybridized carbons (Fsp3) is 0. The first-order valence-corrected chi connectivity index (χ1v) is 23.9. The van der Waals surface area contributed by atoms with E-state index in [0.717, 1.165) is 115 Å². The summed E-state index contributed by atoms with van der Waals surface area (Å²) in [4.78, 5) is 20.4. The maximum Gasteiger partial charge on any atom is 0.213 e. The molecule has 8 nitrogen and oxygen atoms in total. The van der Waals surface area contributed by atoms with Gasteiger partial charge in [-0.15, -0.1) is 0 Å². The first-order valence-electron chi connectivity index (χ1n) is 23.9. The molecule has 0 atom stereocenters. The largest absolute Gasteiger partial charge is 0.456 e. The van der Waals surface area contributed by atoms with E-state index in [1.165, 1.54) is 0 Å². The van der Waals surface area contributed by atoms with Crippen LogP contribution in [0.3, 0.4) is 0 Å². The molecule has 0 saturated carbocycles. The summed E-state index contributed by atoms with van der Waals surface area (Å²) in [5.74, 6) is 1.49. The third-order valence-corrected chi connectivity index (χ3v) is 14.2. The number of hydrogen-bond acceptors (Lipinski definition) is 5. The molecule has 0 fully saturated rings. The van der Waals surface area contributed by atoms with Crippen LogP contribution in [0.4, 0.5) is 5.69 Å². The zero-order chi connectivity index (χ0) is 47.4. The fourth-order valence-electron chi connectivity index (χ4n) is 11.2. The van der Waals surface area contributed by atoms with Crippen molar-refractivity contribution in [3.05, 3.63) is 230 Å². The van der Waals surface area contributed by atoms with Crippen LogP contribution in [0.15, 0.2) is 227 Å². The van der Waals surface area contributed by atoms with Gasteiger partial charge in [-0.05, 0) is 60.2 Å². The van der Waals surface area contributed by atoms with Crippen LogP contribution in [0.1, 0.15) is 0 Å². The summed E-state index contributed by atoms with van der Waals surface area (Å²) >= 11 is 0. The summed E-state index contributed by atoms with van der Waals surface area (Å²) in [5, 5.41) is 8.33. The summed E-state index contributed by atoms with van der Waals surface area (Å²) in [6.45, 7) is 9.35. The molecule has 334 valence electrons. The normalized spacial score (nSPS) is 11.9. The second kappa shape index (κ2) is 15.5. The summed E-state index contributed by atoms with van der Waals surface area (Å²) < 4.78 is 17.8. The zero-order valence-electron chi connectivity index (χ0n) is 38.3. The summed E-state index contributed by atoms with van der Waals surface area (Å²) in [6.07, 6.45) is 0. The third-order valence-electron chi connectivity index (χ3n) is 14.2. The monoisotopic (exact) mass is 920 g/mol. The van der Waals surface area contributed by atoms with E-state index in [4.69, 9.17) is 23.8 Å². The molecule has 0 aliphatic rings. The second-order valence-corrected chi connectivity index (χ2v) is 18.1. The van der Waals surface area contributed by atoms with Gasteiger partial charge in [-0.2, -0.15) is 0 Å². The molecule has 0 aliphatic heterocycles. The lowest BCUT2D eigenvalue weighted by molar-refractivity contribution is 0.669.